The number of hydrogen-bond donors (Lipinski definition) is 1. The minimum absolute atomic E-state index is 0.926. The Morgan fingerprint density at radius 1 is 1.25 bits per heavy atom. The molecule has 0 aromatic heterocycles. The first-order chi connectivity index (χ1) is 5.61. The van der Waals surface area contributed by atoms with Crippen molar-refractivity contribution in [2.45, 2.75) is 13.8 Å². The maximum atomic E-state index is 3.86. The van der Waals surface area contributed by atoms with Gasteiger partial charge in [-0.3, -0.25) is 0 Å². The van der Waals surface area contributed by atoms with Gasteiger partial charge in [0.25, 0.3) is 0 Å². The molecule has 0 fully saturated rings. The van der Waals surface area contributed by atoms with E-state index in [1.54, 1.807) is 0 Å². The van der Waals surface area contributed by atoms with Crippen LogP contribution in [0.15, 0.2) is 48.2 Å². The van der Waals surface area contributed by atoms with Crippen LogP contribution in [0, 0.1) is 0 Å². The lowest BCUT2D eigenvalue weighted by molar-refractivity contribution is 1.02. The summed E-state index contributed by atoms with van der Waals surface area (Å²) >= 11 is 0. The molecule has 12 heavy (non-hydrogen) atoms. The van der Waals surface area contributed by atoms with Crippen molar-refractivity contribution in [1.82, 2.24) is 5.32 Å². The molecule has 0 bridgehead atoms. The molecule has 0 radical (unpaired) electrons. The minimum atomic E-state index is 0.926. The van der Waals surface area contributed by atoms with Gasteiger partial charge in [-0.25, -0.2) is 0 Å². The van der Waals surface area contributed by atoms with E-state index in [1.165, 1.54) is 0 Å². The second kappa shape index (κ2) is 5.42. The van der Waals surface area contributed by atoms with Crippen LogP contribution in [-0.2, 0) is 0 Å². The number of hydrogen-bond acceptors (Lipinski definition) is 1. The van der Waals surface area contributed by atoms with E-state index in [2.05, 4.69) is 18.5 Å². The highest BCUT2D eigenvalue weighted by Gasteiger charge is 1.92. The summed E-state index contributed by atoms with van der Waals surface area (Å²) in [5, 5.41) is 3.00. The SMILES string of the molecule is C=C(C)/C=C\C(=C/C)C(=C)NC. The quantitative estimate of drug-likeness (QED) is 0.628. The Bertz CT molecular complexity index is 231. The maximum absolute atomic E-state index is 3.86. The molecule has 0 heterocycles. The Morgan fingerprint density at radius 3 is 2.17 bits per heavy atom. The van der Waals surface area contributed by atoms with Gasteiger partial charge in [-0.2, -0.15) is 0 Å². The Labute approximate surface area is 75.2 Å². The molecule has 1 heteroatoms. The fraction of sp³-hybridized carbons (Fsp3) is 0.273. The van der Waals surface area contributed by atoms with Gasteiger partial charge < -0.3 is 5.32 Å². The Kier molecular flexibility index (Phi) is 4.86. The Morgan fingerprint density at radius 2 is 1.83 bits per heavy atom. The van der Waals surface area contributed by atoms with Gasteiger partial charge in [0.1, 0.15) is 0 Å². The molecule has 0 rings (SSSR count). The molecule has 0 atom stereocenters. The Hall–Kier alpha value is -1.24. The van der Waals surface area contributed by atoms with Crippen LogP contribution in [0.5, 0.6) is 0 Å². The molecular weight excluding hydrogens is 146 g/mol. The molecule has 0 saturated heterocycles. The molecule has 66 valence electrons. The molecule has 0 spiro atoms. The van der Waals surface area contributed by atoms with E-state index in [9.17, 15) is 0 Å². The lowest BCUT2D eigenvalue weighted by Gasteiger charge is -2.04. The van der Waals surface area contributed by atoms with Gasteiger partial charge in [0, 0.05) is 12.7 Å². The van der Waals surface area contributed by atoms with Crippen LogP contribution in [0.3, 0.4) is 0 Å². The fourth-order valence-corrected chi connectivity index (χ4v) is 0.747. The van der Waals surface area contributed by atoms with Crippen LogP contribution in [0.25, 0.3) is 0 Å². The van der Waals surface area contributed by atoms with Crippen molar-refractivity contribution < 1.29 is 0 Å². The summed E-state index contributed by atoms with van der Waals surface area (Å²) in [6, 6.07) is 0. The smallest absolute Gasteiger partial charge is 0.0334 e. The van der Waals surface area contributed by atoms with Crippen molar-refractivity contribution in [3.05, 3.63) is 48.2 Å². The van der Waals surface area contributed by atoms with Gasteiger partial charge in [0.15, 0.2) is 0 Å². The van der Waals surface area contributed by atoms with E-state index < -0.39 is 0 Å². The number of allylic oxidation sites excluding steroid dienone is 4. The Balaban J connectivity index is 4.40. The van der Waals surface area contributed by atoms with Crippen molar-refractivity contribution in [3.63, 3.8) is 0 Å². The molecule has 0 aliphatic rings. The minimum Gasteiger partial charge on any atom is -0.388 e. The first-order valence-corrected chi connectivity index (χ1v) is 3.98. The first kappa shape index (κ1) is 10.8. The van der Waals surface area contributed by atoms with E-state index in [-0.39, 0.29) is 0 Å². The van der Waals surface area contributed by atoms with Gasteiger partial charge >= 0.3 is 0 Å². The van der Waals surface area contributed by atoms with Gasteiger partial charge in [-0.15, -0.1) is 0 Å². The normalized spacial score (nSPS) is 11.8. The highest BCUT2D eigenvalue weighted by Crippen LogP contribution is 2.06. The lowest BCUT2D eigenvalue weighted by Crippen LogP contribution is -2.05. The van der Waals surface area contributed by atoms with Crippen molar-refractivity contribution in [3.8, 4) is 0 Å². The molecule has 1 nitrogen and oxygen atoms in total. The standard InChI is InChI=1S/C11H17N/c1-6-11(10(4)12-5)8-7-9(2)3/h6-8,12H,2,4H2,1,3,5H3/b8-7-,11-6+. The highest BCUT2D eigenvalue weighted by molar-refractivity contribution is 5.38. The van der Waals surface area contributed by atoms with Crippen molar-refractivity contribution in [2.75, 3.05) is 7.05 Å². The average Bonchev–Trinajstić information content (AvgIpc) is 2.04. The first-order valence-electron chi connectivity index (χ1n) is 3.98. The van der Waals surface area contributed by atoms with E-state index in [0.717, 1.165) is 16.8 Å². The molecule has 1 N–H and O–H groups in total. The lowest BCUT2D eigenvalue weighted by atomic mass is 10.1. The van der Waals surface area contributed by atoms with E-state index in [1.807, 2.05) is 39.1 Å². The second-order valence-electron chi connectivity index (χ2n) is 2.65. The summed E-state index contributed by atoms with van der Waals surface area (Å²) in [6.45, 7) is 11.6. The van der Waals surface area contributed by atoms with Gasteiger partial charge in [0.05, 0.1) is 0 Å². The largest absolute Gasteiger partial charge is 0.388 e. The van der Waals surface area contributed by atoms with Crippen LogP contribution in [-0.4, -0.2) is 7.05 Å². The summed E-state index contributed by atoms with van der Waals surface area (Å²) in [5.74, 6) is 0. The van der Waals surface area contributed by atoms with Crippen molar-refractivity contribution in [1.29, 1.82) is 0 Å². The predicted octanol–water partition coefficient (Wildman–Crippen LogP) is 2.80. The molecular formula is C11H17N. The summed E-state index contributed by atoms with van der Waals surface area (Å²) in [6.07, 6.45) is 5.98. The number of likely N-dealkylation sites (N-methyl/N-ethyl adjacent to an activating group) is 1. The predicted molar refractivity (Wildman–Crippen MR) is 55.9 cm³/mol. The van der Waals surface area contributed by atoms with Crippen molar-refractivity contribution in [2.24, 2.45) is 0 Å². The van der Waals surface area contributed by atoms with Crippen molar-refractivity contribution >= 4 is 0 Å². The van der Waals surface area contributed by atoms with Crippen LogP contribution < -0.4 is 5.32 Å². The third-order valence-electron chi connectivity index (χ3n) is 1.51. The van der Waals surface area contributed by atoms with Crippen LogP contribution in [0.1, 0.15) is 13.8 Å². The van der Waals surface area contributed by atoms with E-state index >= 15 is 0 Å². The molecule has 0 saturated carbocycles. The number of nitrogens with one attached hydrogen (secondary N) is 1. The summed E-state index contributed by atoms with van der Waals surface area (Å²) in [7, 11) is 1.86. The van der Waals surface area contributed by atoms with Crippen LogP contribution in [0.4, 0.5) is 0 Å². The number of rotatable bonds is 4. The zero-order chi connectivity index (χ0) is 9.56. The molecule has 0 unspecified atom stereocenters. The van der Waals surface area contributed by atoms with E-state index in [4.69, 9.17) is 0 Å². The zero-order valence-electron chi connectivity index (χ0n) is 8.15. The molecule has 0 aliphatic carbocycles. The molecule has 0 aromatic carbocycles. The third kappa shape index (κ3) is 3.81. The molecule has 0 aliphatic heterocycles. The third-order valence-corrected chi connectivity index (χ3v) is 1.51. The van der Waals surface area contributed by atoms with E-state index in [0.29, 0.717) is 0 Å². The fourth-order valence-electron chi connectivity index (χ4n) is 0.747. The monoisotopic (exact) mass is 163 g/mol. The van der Waals surface area contributed by atoms with Gasteiger partial charge in [-0.05, 0) is 19.4 Å². The van der Waals surface area contributed by atoms with Crippen LogP contribution >= 0.6 is 0 Å². The maximum Gasteiger partial charge on any atom is 0.0334 e. The molecule has 0 amide bonds. The topological polar surface area (TPSA) is 12.0 Å². The average molecular weight is 163 g/mol. The van der Waals surface area contributed by atoms with Gasteiger partial charge in [0.2, 0.25) is 0 Å². The summed E-state index contributed by atoms with van der Waals surface area (Å²) in [4.78, 5) is 0. The van der Waals surface area contributed by atoms with Gasteiger partial charge in [-0.1, -0.05) is 37.0 Å². The zero-order valence-corrected chi connectivity index (χ0v) is 8.15. The second-order valence-corrected chi connectivity index (χ2v) is 2.65. The highest BCUT2D eigenvalue weighted by atomic mass is 14.8. The van der Waals surface area contributed by atoms with Crippen LogP contribution in [0.2, 0.25) is 0 Å². The summed E-state index contributed by atoms with van der Waals surface area (Å²) in [5.41, 5.74) is 3.06. The molecule has 0 aromatic rings. The summed E-state index contributed by atoms with van der Waals surface area (Å²) < 4.78 is 0.